The van der Waals surface area contributed by atoms with E-state index in [0.29, 0.717) is 0 Å². The number of hydrogen-bond acceptors (Lipinski definition) is 6. The van der Waals surface area contributed by atoms with Gasteiger partial charge in [-0.25, -0.2) is 15.0 Å². The number of fused-ring (bicyclic) bond motifs is 1. The Hall–Kier alpha value is -0.980. The van der Waals surface area contributed by atoms with E-state index < -0.39 is 0 Å². The van der Waals surface area contributed by atoms with Gasteiger partial charge in [-0.05, 0) is 17.9 Å². The number of aromatic nitrogens is 3. The maximum absolute atomic E-state index is 4.57. The molecule has 0 atom stereocenters. The SMILES string of the molecule is CCc1nc(CSc2ncnc3ccsc23)cs1. The van der Waals surface area contributed by atoms with Gasteiger partial charge in [-0.15, -0.1) is 22.7 Å². The number of rotatable bonds is 4. The van der Waals surface area contributed by atoms with Crippen molar-refractivity contribution in [3.05, 3.63) is 33.9 Å². The van der Waals surface area contributed by atoms with Gasteiger partial charge in [0.05, 0.1) is 20.9 Å². The molecule has 0 saturated carbocycles. The number of thioether (sulfide) groups is 1. The summed E-state index contributed by atoms with van der Waals surface area (Å²) in [5.74, 6) is 0.876. The quantitative estimate of drug-likeness (QED) is 0.538. The van der Waals surface area contributed by atoms with Crippen LogP contribution in [0.5, 0.6) is 0 Å². The lowest BCUT2D eigenvalue weighted by Gasteiger charge is -1.99. The van der Waals surface area contributed by atoms with E-state index in [1.54, 1.807) is 40.8 Å². The van der Waals surface area contributed by atoms with Gasteiger partial charge < -0.3 is 0 Å². The summed E-state index contributed by atoms with van der Waals surface area (Å²) in [4.78, 5) is 13.2. The van der Waals surface area contributed by atoms with E-state index >= 15 is 0 Å². The fraction of sp³-hybridized carbons (Fsp3) is 0.250. The first-order chi connectivity index (χ1) is 8.86. The van der Waals surface area contributed by atoms with Crippen molar-refractivity contribution in [2.45, 2.75) is 24.1 Å². The van der Waals surface area contributed by atoms with Gasteiger partial charge in [-0.2, -0.15) is 0 Å². The molecule has 0 spiro atoms. The predicted octanol–water partition coefficient (Wildman–Crippen LogP) is 4.00. The molecule has 0 bridgehead atoms. The normalized spacial score (nSPS) is 11.2. The lowest BCUT2D eigenvalue weighted by atomic mass is 10.5. The van der Waals surface area contributed by atoms with E-state index in [-0.39, 0.29) is 0 Å². The second kappa shape index (κ2) is 5.34. The predicted molar refractivity (Wildman–Crippen MR) is 78.5 cm³/mol. The molecular formula is C12H11N3S3. The third-order valence-corrected chi connectivity index (χ3v) is 5.57. The molecule has 0 N–H and O–H groups in total. The molecule has 0 aromatic carbocycles. The largest absolute Gasteiger partial charge is 0.245 e. The molecule has 92 valence electrons. The smallest absolute Gasteiger partial charge is 0.118 e. The molecule has 3 nitrogen and oxygen atoms in total. The molecule has 0 fully saturated rings. The first-order valence-electron chi connectivity index (χ1n) is 5.61. The van der Waals surface area contributed by atoms with Crippen molar-refractivity contribution >= 4 is 44.7 Å². The van der Waals surface area contributed by atoms with Crippen LogP contribution in [0.4, 0.5) is 0 Å². The lowest BCUT2D eigenvalue weighted by molar-refractivity contribution is 1.06. The first-order valence-corrected chi connectivity index (χ1v) is 8.35. The molecule has 0 aliphatic rings. The molecule has 3 rings (SSSR count). The van der Waals surface area contributed by atoms with E-state index in [1.165, 1.54) is 9.71 Å². The first kappa shape index (κ1) is 12.1. The number of thiophene rings is 1. The van der Waals surface area contributed by atoms with Crippen molar-refractivity contribution in [2.24, 2.45) is 0 Å². The monoisotopic (exact) mass is 293 g/mol. The van der Waals surface area contributed by atoms with Crippen LogP contribution in [0.1, 0.15) is 17.6 Å². The highest BCUT2D eigenvalue weighted by molar-refractivity contribution is 7.98. The molecule has 0 unspecified atom stereocenters. The Morgan fingerprint density at radius 2 is 2.22 bits per heavy atom. The summed E-state index contributed by atoms with van der Waals surface area (Å²) in [6.45, 7) is 2.13. The maximum atomic E-state index is 4.57. The Kier molecular flexibility index (Phi) is 3.58. The molecular weight excluding hydrogens is 282 g/mol. The van der Waals surface area contributed by atoms with Gasteiger partial charge in [-0.3, -0.25) is 0 Å². The minimum Gasteiger partial charge on any atom is -0.245 e. The summed E-state index contributed by atoms with van der Waals surface area (Å²) in [5.41, 5.74) is 2.18. The second-order valence-electron chi connectivity index (χ2n) is 3.69. The highest BCUT2D eigenvalue weighted by atomic mass is 32.2. The van der Waals surface area contributed by atoms with Crippen LogP contribution >= 0.6 is 34.4 Å². The third-order valence-electron chi connectivity index (χ3n) is 2.47. The fourth-order valence-electron chi connectivity index (χ4n) is 1.59. The van der Waals surface area contributed by atoms with Crippen molar-refractivity contribution < 1.29 is 0 Å². The van der Waals surface area contributed by atoms with Crippen molar-refractivity contribution in [2.75, 3.05) is 0 Å². The third kappa shape index (κ3) is 2.41. The van der Waals surface area contributed by atoms with Crippen LogP contribution in [-0.2, 0) is 12.2 Å². The molecule has 0 radical (unpaired) electrons. The Labute approximate surface area is 117 Å². The number of hydrogen-bond donors (Lipinski definition) is 0. The van der Waals surface area contributed by atoms with Gasteiger partial charge in [0.2, 0.25) is 0 Å². The minimum absolute atomic E-state index is 0.876. The molecule has 0 aliphatic heterocycles. The van der Waals surface area contributed by atoms with Crippen LogP contribution < -0.4 is 0 Å². The summed E-state index contributed by atoms with van der Waals surface area (Å²) < 4.78 is 1.17. The van der Waals surface area contributed by atoms with Gasteiger partial charge in [-0.1, -0.05) is 18.7 Å². The Morgan fingerprint density at radius 1 is 1.28 bits per heavy atom. The van der Waals surface area contributed by atoms with Gasteiger partial charge >= 0.3 is 0 Å². The fourth-order valence-corrected chi connectivity index (χ4v) is 4.28. The Morgan fingerprint density at radius 3 is 3.06 bits per heavy atom. The van der Waals surface area contributed by atoms with E-state index in [0.717, 1.165) is 28.4 Å². The standard InChI is InChI=1S/C12H11N3S3/c1-2-10-15-8(5-17-10)6-18-12-11-9(3-4-16-11)13-7-14-12/h3-5,7H,2,6H2,1H3. The average molecular weight is 293 g/mol. The zero-order chi connectivity index (χ0) is 12.4. The van der Waals surface area contributed by atoms with E-state index in [4.69, 9.17) is 0 Å². The van der Waals surface area contributed by atoms with E-state index in [9.17, 15) is 0 Å². The molecule has 3 aromatic heterocycles. The van der Waals surface area contributed by atoms with Crippen LogP contribution in [0.3, 0.4) is 0 Å². The van der Waals surface area contributed by atoms with Crippen LogP contribution in [0, 0.1) is 0 Å². The number of thiazole rings is 1. The summed E-state index contributed by atoms with van der Waals surface area (Å²) in [6.07, 6.45) is 2.65. The van der Waals surface area contributed by atoms with E-state index in [1.807, 2.05) is 6.07 Å². The molecule has 3 heterocycles. The topological polar surface area (TPSA) is 38.7 Å². The number of aryl methyl sites for hydroxylation is 1. The van der Waals surface area contributed by atoms with Crippen LogP contribution in [-0.4, -0.2) is 15.0 Å². The molecule has 0 amide bonds. The lowest BCUT2D eigenvalue weighted by Crippen LogP contribution is -1.86. The molecule has 0 aliphatic carbocycles. The minimum atomic E-state index is 0.876. The van der Waals surface area contributed by atoms with Gasteiger partial charge in [0.15, 0.2) is 0 Å². The zero-order valence-corrected chi connectivity index (χ0v) is 12.2. The number of nitrogens with zero attached hydrogens (tertiary/aromatic N) is 3. The zero-order valence-electron chi connectivity index (χ0n) is 9.79. The molecule has 0 saturated heterocycles. The highest BCUT2D eigenvalue weighted by Crippen LogP contribution is 2.30. The average Bonchev–Trinajstić information content (AvgIpc) is 3.05. The van der Waals surface area contributed by atoms with Crippen LogP contribution in [0.15, 0.2) is 28.2 Å². The summed E-state index contributed by atoms with van der Waals surface area (Å²) in [7, 11) is 0. The van der Waals surface area contributed by atoms with Crippen molar-refractivity contribution in [3.8, 4) is 0 Å². The van der Waals surface area contributed by atoms with Gasteiger partial charge in [0.1, 0.15) is 11.4 Å². The Bertz CT molecular complexity index is 659. The highest BCUT2D eigenvalue weighted by Gasteiger charge is 2.07. The van der Waals surface area contributed by atoms with E-state index in [2.05, 4.69) is 32.6 Å². The van der Waals surface area contributed by atoms with Crippen LogP contribution in [0.2, 0.25) is 0 Å². The van der Waals surface area contributed by atoms with Crippen LogP contribution in [0.25, 0.3) is 10.2 Å². The van der Waals surface area contributed by atoms with Crippen molar-refractivity contribution in [3.63, 3.8) is 0 Å². The van der Waals surface area contributed by atoms with Gasteiger partial charge in [0.25, 0.3) is 0 Å². The molecule has 18 heavy (non-hydrogen) atoms. The summed E-state index contributed by atoms with van der Waals surface area (Å²) in [6, 6.07) is 2.03. The van der Waals surface area contributed by atoms with Gasteiger partial charge in [0, 0.05) is 11.1 Å². The molecule has 6 heteroatoms. The van der Waals surface area contributed by atoms with Crippen molar-refractivity contribution in [1.82, 2.24) is 15.0 Å². The molecule has 3 aromatic rings. The maximum Gasteiger partial charge on any atom is 0.118 e. The summed E-state index contributed by atoms with van der Waals surface area (Å²) in [5, 5.41) is 6.45. The van der Waals surface area contributed by atoms with Crippen molar-refractivity contribution in [1.29, 1.82) is 0 Å². The second-order valence-corrected chi connectivity index (χ2v) is 6.51. The summed E-state index contributed by atoms with van der Waals surface area (Å²) >= 11 is 5.17. The Balaban J connectivity index is 1.78.